The number of ether oxygens (including phenoxy) is 1. The highest BCUT2D eigenvalue weighted by atomic mass is 16.5. The molecule has 4 amide bonds. The van der Waals surface area contributed by atoms with E-state index in [1.807, 2.05) is 0 Å². The van der Waals surface area contributed by atoms with Gasteiger partial charge in [-0.05, 0) is 30.9 Å². The molecule has 1 fully saturated rings. The third-order valence-electron chi connectivity index (χ3n) is 4.24. The van der Waals surface area contributed by atoms with Crippen LogP contribution in [0.3, 0.4) is 0 Å². The number of nitrogens with one attached hydrogen (secondary N) is 3. The second kappa shape index (κ2) is 9.05. The Labute approximate surface area is 147 Å². The SMILES string of the molecule is CC(=O)Nc1ccccc1OCC(=O)NC(=O)N[C@H]1CCCC[C@H]1C. The van der Waals surface area contributed by atoms with E-state index in [-0.39, 0.29) is 18.6 Å². The van der Waals surface area contributed by atoms with E-state index >= 15 is 0 Å². The van der Waals surface area contributed by atoms with Crippen molar-refractivity contribution in [2.75, 3.05) is 11.9 Å². The molecule has 2 rings (SSSR count). The van der Waals surface area contributed by atoms with E-state index in [0.717, 1.165) is 19.3 Å². The second-order valence-corrected chi connectivity index (χ2v) is 6.36. The van der Waals surface area contributed by atoms with Gasteiger partial charge in [-0.2, -0.15) is 0 Å². The van der Waals surface area contributed by atoms with Crippen LogP contribution in [0.15, 0.2) is 24.3 Å². The largest absolute Gasteiger partial charge is 0.482 e. The first kappa shape index (κ1) is 18.8. The summed E-state index contributed by atoms with van der Waals surface area (Å²) in [4.78, 5) is 35.0. The summed E-state index contributed by atoms with van der Waals surface area (Å²) in [5, 5.41) is 7.75. The summed E-state index contributed by atoms with van der Waals surface area (Å²) in [5.41, 5.74) is 0.475. The number of benzene rings is 1. The fourth-order valence-electron chi connectivity index (χ4n) is 2.93. The third-order valence-corrected chi connectivity index (χ3v) is 4.24. The monoisotopic (exact) mass is 347 g/mol. The molecule has 0 aromatic heterocycles. The minimum atomic E-state index is -0.543. The van der Waals surface area contributed by atoms with Gasteiger partial charge < -0.3 is 15.4 Å². The molecule has 0 aliphatic heterocycles. The summed E-state index contributed by atoms with van der Waals surface area (Å²) in [5.74, 6) is 0.00427. The average molecular weight is 347 g/mol. The number of imide groups is 1. The van der Waals surface area contributed by atoms with Crippen LogP contribution in [-0.4, -0.2) is 30.5 Å². The Morgan fingerprint density at radius 2 is 1.88 bits per heavy atom. The summed E-state index contributed by atoms with van der Waals surface area (Å²) in [7, 11) is 0. The van der Waals surface area contributed by atoms with Gasteiger partial charge in [0.05, 0.1) is 5.69 Å². The fraction of sp³-hybridized carbons (Fsp3) is 0.500. The minimum Gasteiger partial charge on any atom is -0.482 e. The normalized spacial score (nSPS) is 19.6. The Balaban J connectivity index is 1.80. The van der Waals surface area contributed by atoms with E-state index in [2.05, 4.69) is 22.9 Å². The van der Waals surface area contributed by atoms with E-state index in [0.29, 0.717) is 17.4 Å². The minimum absolute atomic E-state index is 0.1000. The lowest BCUT2D eigenvalue weighted by Gasteiger charge is -2.29. The van der Waals surface area contributed by atoms with Gasteiger partial charge in [0.2, 0.25) is 5.91 Å². The van der Waals surface area contributed by atoms with Crippen LogP contribution in [0.4, 0.5) is 10.5 Å². The smallest absolute Gasteiger partial charge is 0.321 e. The van der Waals surface area contributed by atoms with Gasteiger partial charge >= 0.3 is 6.03 Å². The zero-order valence-corrected chi connectivity index (χ0v) is 14.6. The summed E-state index contributed by atoms with van der Waals surface area (Å²) >= 11 is 0. The highest BCUT2D eigenvalue weighted by Gasteiger charge is 2.23. The molecular weight excluding hydrogens is 322 g/mol. The number of anilines is 1. The summed E-state index contributed by atoms with van der Waals surface area (Å²) in [6.07, 6.45) is 4.29. The highest BCUT2D eigenvalue weighted by Crippen LogP contribution is 2.24. The number of para-hydroxylation sites is 2. The number of carbonyl (C=O) groups is 3. The standard InChI is InChI=1S/C18H25N3O4/c1-12-7-3-4-8-14(12)20-18(24)21-17(23)11-25-16-10-6-5-9-15(16)19-13(2)22/h5-6,9-10,12,14H,3-4,7-8,11H2,1-2H3,(H,19,22)(H2,20,21,23,24)/t12-,14+/m1/s1. The van der Waals surface area contributed by atoms with Crippen LogP contribution in [0, 0.1) is 5.92 Å². The zero-order valence-electron chi connectivity index (χ0n) is 14.6. The molecule has 3 N–H and O–H groups in total. The fourth-order valence-corrected chi connectivity index (χ4v) is 2.93. The molecule has 1 aliphatic rings. The number of hydrogen-bond acceptors (Lipinski definition) is 4. The lowest BCUT2D eigenvalue weighted by molar-refractivity contribution is -0.122. The van der Waals surface area contributed by atoms with Gasteiger partial charge in [-0.3, -0.25) is 14.9 Å². The van der Waals surface area contributed by atoms with Crippen LogP contribution < -0.4 is 20.7 Å². The quantitative estimate of drug-likeness (QED) is 0.762. The Hall–Kier alpha value is -2.57. The number of amides is 4. The maximum Gasteiger partial charge on any atom is 0.321 e. The molecule has 2 atom stereocenters. The Bertz CT molecular complexity index is 633. The number of hydrogen-bond donors (Lipinski definition) is 3. The average Bonchev–Trinajstić information content (AvgIpc) is 2.55. The van der Waals surface area contributed by atoms with Crippen LogP contribution in [0.5, 0.6) is 5.75 Å². The maximum absolute atomic E-state index is 11.9. The van der Waals surface area contributed by atoms with Gasteiger partial charge in [-0.1, -0.05) is 31.9 Å². The van der Waals surface area contributed by atoms with E-state index < -0.39 is 11.9 Å². The second-order valence-electron chi connectivity index (χ2n) is 6.36. The van der Waals surface area contributed by atoms with Crippen LogP contribution in [0.2, 0.25) is 0 Å². The molecule has 0 bridgehead atoms. The molecule has 1 aliphatic carbocycles. The lowest BCUT2D eigenvalue weighted by Crippen LogP contribution is -2.48. The molecule has 0 radical (unpaired) electrons. The molecule has 0 spiro atoms. The maximum atomic E-state index is 11.9. The molecule has 0 unspecified atom stereocenters. The first-order valence-electron chi connectivity index (χ1n) is 8.55. The molecule has 1 saturated carbocycles. The van der Waals surface area contributed by atoms with Crippen molar-refractivity contribution >= 4 is 23.5 Å². The Kier molecular flexibility index (Phi) is 6.80. The van der Waals surface area contributed by atoms with Crippen molar-refractivity contribution in [3.63, 3.8) is 0 Å². The lowest BCUT2D eigenvalue weighted by atomic mass is 9.86. The predicted molar refractivity (Wildman–Crippen MR) is 94.3 cm³/mol. The van der Waals surface area contributed by atoms with Gasteiger partial charge in [0.25, 0.3) is 5.91 Å². The third kappa shape index (κ3) is 6.10. The van der Waals surface area contributed by atoms with Crippen molar-refractivity contribution in [3.05, 3.63) is 24.3 Å². The van der Waals surface area contributed by atoms with E-state index in [1.54, 1.807) is 24.3 Å². The van der Waals surface area contributed by atoms with Crippen LogP contribution in [0.25, 0.3) is 0 Å². The van der Waals surface area contributed by atoms with Crippen LogP contribution in [0.1, 0.15) is 39.5 Å². The van der Waals surface area contributed by atoms with Crippen molar-refractivity contribution in [2.24, 2.45) is 5.92 Å². The number of rotatable bonds is 5. The molecule has 0 heterocycles. The van der Waals surface area contributed by atoms with Crippen molar-refractivity contribution in [2.45, 2.75) is 45.6 Å². The van der Waals surface area contributed by atoms with Gasteiger partial charge in [-0.15, -0.1) is 0 Å². The molecule has 136 valence electrons. The first-order chi connectivity index (χ1) is 12.0. The van der Waals surface area contributed by atoms with Crippen molar-refractivity contribution < 1.29 is 19.1 Å². The number of carbonyl (C=O) groups excluding carboxylic acids is 3. The van der Waals surface area contributed by atoms with Crippen molar-refractivity contribution in [1.82, 2.24) is 10.6 Å². The topological polar surface area (TPSA) is 96.5 Å². The first-order valence-corrected chi connectivity index (χ1v) is 8.55. The molecule has 25 heavy (non-hydrogen) atoms. The zero-order chi connectivity index (χ0) is 18.2. The van der Waals surface area contributed by atoms with Gasteiger partial charge in [0.15, 0.2) is 6.61 Å². The molecule has 1 aromatic carbocycles. The number of urea groups is 1. The van der Waals surface area contributed by atoms with Crippen LogP contribution >= 0.6 is 0 Å². The summed E-state index contributed by atoms with van der Waals surface area (Å²) in [6, 6.07) is 6.39. The molecular formula is C18H25N3O4. The van der Waals surface area contributed by atoms with Crippen molar-refractivity contribution in [3.8, 4) is 5.75 Å². The van der Waals surface area contributed by atoms with Gasteiger partial charge in [0, 0.05) is 13.0 Å². The summed E-state index contributed by atoms with van der Waals surface area (Å²) in [6.45, 7) is 3.18. The van der Waals surface area contributed by atoms with E-state index in [4.69, 9.17) is 4.74 Å². The van der Waals surface area contributed by atoms with E-state index in [9.17, 15) is 14.4 Å². The molecule has 1 aromatic rings. The van der Waals surface area contributed by atoms with Gasteiger partial charge in [-0.25, -0.2) is 4.79 Å². The van der Waals surface area contributed by atoms with Gasteiger partial charge in [0.1, 0.15) is 5.75 Å². The summed E-state index contributed by atoms with van der Waals surface area (Å²) < 4.78 is 5.41. The Morgan fingerprint density at radius 3 is 2.60 bits per heavy atom. The Morgan fingerprint density at radius 1 is 1.16 bits per heavy atom. The predicted octanol–water partition coefficient (Wildman–Crippen LogP) is 2.43. The highest BCUT2D eigenvalue weighted by molar-refractivity contribution is 5.95. The van der Waals surface area contributed by atoms with E-state index in [1.165, 1.54) is 13.3 Å². The van der Waals surface area contributed by atoms with Crippen molar-refractivity contribution in [1.29, 1.82) is 0 Å². The molecule has 7 heteroatoms. The van der Waals surface area contributed by atoms with Crippen LogP contribution in [-0.2, 0) is 9.59 Å². The molecule has 0 saturated heterocycles. The molecule has 7 nitrogen and oxygen atoms in total.